The number of fused-ring (bicyclic) bond motifs is 1. The number of nitrogen functional groups attached to an aromatic ring is 1. The Kier molecular flexibility index (Phi) is 6.05. The summed E-state index contributed by atoms with van der Waals surface area (Å²) in [6, 6.07) is 2.04. The van der Waals surface area contributed by atoms with Gasteiger partial charge in [-0.15, -0.1) is 0 Å². The molecular formula is C23H18F5N7O. The van der Waals surface area contributed by atoms with Crippen LogP contribution in [0.5, 0.6) is 5.75 Å². The van der Waals surface area contributed by atoms with Crippen molar-refractivity contribution >= 4 is 16.9 Å². The molecule has 0 radical (unpaired) electrons. The Balaban J connectivity index is 1.46. The largest absolute Gasteiger partial charge is 0.451 e. The Hall–Kier alpha value is -4.05. The van der Waals surface area contributed by atoms with Gasteiger partial charge in [-0.2, -0.15) is 19.1 Å². The smallest absolute Gasteiger partial charge is 0.204 e. The first-order valence-corrected chi connectivity index (χ1v) is 10.9. The van der Waals surface area contributed by atoms with E-state index in [0.29, 0.717) is 30.5 Å². The number of allylic oxidation sites excluding steroid dienone is 3. The third-order valence-corrected chi connectivity index (χ3v) is 6.22. The van der Waals surface area contributed by atoms with Gasteiger partial charge < -0.3 is 10.5 Å². The molecule has 1 unspecified atom stereocenters. The lowest BCUT2D eigenvalue weighted by molar-refractivity contribution is 0.342. The number of hydrogen-bond acceptors (Lipinski definition) is 7. The van der Waals surface area contributed by atoms with E-state index in [1.54, 1.807) is 4.68 Å². The number of rotatable bonds is 5. The molecule has 2 aromatic heterocycles. The van der Waals surface area contributed by atoms with Crippen LogP contribution in [0.25, 0.3) is 11.0 Å². The summed E-state index contributed by atoms with van der Waals surface area (Å²) >= 11 is 0. The van der Waals surface area contributed by atoms with Crippen LogP contribution in [0.1, 0.15) is 30.5 Å². The standard InChI is InChI=1S/C23H18F5N7O/c24-14-7-12(36-21-18(27)15(25)8-16(26)19(21)28)1-2-13(14)20-17-22(30)31-10-32-23(17)35(33-20)11-3-5-34(9-11)6-4-29/h1,7-8,10-11,13H,2-3,5-6,9H2,(H2,30,31,32)/t11-,13?/m1/s1. The third-order valence-electron chi connectivity index (χ3n) is 6.22. The van der Waals surface area contributed by atoms with Crippen molar-refractivity contribution in [3.8, 4) is 11.8 Å². The monoisotopic (exact) mass is 503 g/mol. The Labute approximate surface area is 201 Å². The van der Waals surface area contributed by atoms with Gasteiger partial charge in [0.25, 0.3) is 0 Å². The SMILES string of the molecule is N#CCN1CC[C@@H](n2nc(C3CC=C(Oc4c(F)c(F)cc(F)c4F)C=C3F)c3c(N)ncnc32)C1. The summed E-state index contributed by atoms with van der Waals surface area (Å²) < 4.78 is 76.8. The fraction of sp³-hybridized carbons (Fsp3) is 0.304. The first-order valence-electron chi connectivity index (χ1n) is 10.9. The van der Waals surface area contributed by atoms with Crippen molar-refractivity contribution in [1.29, 1.82) is 5.26 Å². The number of benzene rings is 1. The fourth-order valence-electron chi connectivity index (χ4n) is 4.49. The predicted molar refractivity (Wildman–Crippen MR) is 117 cm³/mol. The van der Waals surface area contributed by atoms with Gasteiger partial charge in [-0.1, -0.05) is 0 Å². The van der Waals surface area contributed by atoms with Gasteiger partial charge in [-0.05, 0) is 18.9 Å². The Morgan fingerprint density at radius 3 is 2.58 bits per heavy atom. The van der Waals surface area contributed by atoms with E-state index < -0.39 is 40.8 Å². The van der Waals surface area contributed by atoms with Crippen LogP contribution < -0.4 is 10.5 Å². The zero-order valence-corrected chi connectivity index (χ0v) is 18.6. The minimum absolute atomic E-state index is 0.0512. The summed E-state index contributed by atoms with van der Waals surface area (Å²) in [4.78, 5) is 10.3. The lowest BCUT2D eigenvalue weighted by Gasteiger charge is -2.18. The van der Waals surface area contributed by atoms with E-state index in [9.17, 15) is 17.6 Å². The van der Waals surface area contributed by atoms with E-state index in [1.807, 2.05) is 4.90 Å². The molecule has 13 heteroatoms. The van der Waals surface area contributed by atoms with E-state index in [4.69, 9.17) is 15.7 Å². The molecule has 8 nitrogen and oxygen atoms in total. The molecule has 186 valence electrons. The van der Waals surface area contributed by atoms with Gasteiger partial charge in [0.2, 0.25) is 17.4 Å². The summed E-state index contributed by atoms with van der Waals surface area (Å²) in [6.07, 6.45) is 4.12. The van der Waals surface area contributed by atoms with Gasteiger partial charge >= 0.3 is 0 Å². The van der Waals surface area contributed by atoms with Crippen molar-refractivity contribution in [2.45, 2.75) is 24.8 Å². The van der Waals surface area contributed by atoms with E-state index >= 15 is 4.39 Å². The van der Waals surface area contributed by atoms with Crippen molar-refractivity contribution in [3.63, 3.8) is 0 Å². The molecule has 0 bridgehead atoms. The first-order chi connectivity index (χ1) is 17.3. The van der Waals surface area contributed by atoms with Gasteiger partial charge in [0.15, 0.2) is 17.3 Å². The fourth-order valence-corrected chi connectivity index (χ4v) is 4.49. The van der Waals surface area contributed by atoms with Crippen LogP contribution in [0.2, 0.25) is 0 Å². The molecular weight excluding hydrogens is 485 g/mol. The Morgan fingerprint density at radius 2 is 1.89 bits per heavy atom. The average molecular weight is 503 g/mol. The van der Waals surface area contributed by atoms with Crippen molar-refractivity contribution in [1.82, 2.24) is 24.6 Å². The third kappa shape index (κ3) is 4.03. The van der Waals surface area contributed by atoms with Crippen LogP contribution in [0, 0.1) is 34.6 Å². The molecule has 1 saturated heterocycles. The number of halogens is 5. The lowest BCUT2D eigenvalue weighted by Crippen LogP contribution is -2.22. The van der Waals surface area contributed by atoms with Gasteiger partial charge in [0.1, 0.15) is 23.7 Å². The minimum atomic E-state index is -1.73. The second-order valence-corrected chi connectivity index (χ2v) is 8.45. The second kappa shape index (κ2) is 9.19. The van der Waals surface area contributed by atoms with Gasteiger partial charge in [0, 0.05) is 25.2 Å². The highest BCUT2D eigenvalue weighted by Gasteiger charge is 2.33. The summed E-state index contributed by atoms with van der Waals surface area (Å²) in [6.45, 7) is 1.50. The maximum Gasteiger partial charge on any atom is 0.204 e. The van der Waals surface area contributed by atoms with E-state index in [1.165, 1.54) is 12.4 Å². The second-order valence-electron chi connectivity index (χ2n) is 8.45. The molecule has 36 heavy (non-hydrogen) atoms. The number of nitriles is 1. The van der Waals surface area contributed by atoms with Gasteiger partial charge in [-0.25, -0.2) is 27.8 Å². The number of likely N-dealkylation sites (tertiary alicyclic amines) is 1. The minimum Gasteiger partial charge on any atom is -0.451 e. The highest BCUT2D eigenvalue weighted by molar-refractivity contribution is 5.89. The molecule has 2 atom stereocenters. The molecule has 5 rings (SSSR count). The quantitative estimate of drug-likeness (QED) is 0.318. The van der Waals surface area contributed by atoms with E-state index in [2.05, 4.69) is 21.1 Å². The number of aromatic nitrogens is 4. The van der Waals surface area contributed by atoms with Crippen LogP contribution >= 0.6 is 0 Å². The van der Waals surface area contributed by atoms with Gasteiger partial charge in [-0.3, -0.25) is 4.90 Å². The van der Waals surface area contributed by atoms with E-state index in [0.717, 1.165) is 6.08 Å². The maximum absolute atomic E-state index is 15.3. The normalized spacial score (nSPS) is 20.3. The lowest BCUT2D eigenvalue weighted by atomic mass is 9.93. The molecule has 0 amide bonds. The van der Waals surface area contributed by atoms with E-state index in [-0.39, 0.29) is 42.3 Å². The van der Waals surface area contributed by atoms with Crippen LogP contribution in [-0.4, -0.2) is 44.3 Å². The maximum atomic E-state index is 15.3. The van der Waals surface area contributed by atoms with Crippen molar-refractivity contribution in [2.75, 3.05) is 25.4 Å². The molecule has 1 aliphatic carbocycles. The van der Waals surface area contributed by atoms with Gasteiger partial charge in [0.05, 0.1) is 35.7 Å². The summed E-state index contributed by atoms with van der Waals surface area (Å²) in [5.41, 5.74) is 6.77. The number of hydrogen-bond donors (Lipinski definition) is 1. The molecule has 2 N–H and O–H groups in total. The zero-order valence-electron chi connectivity index (χ0n) is 18.6. The molecule has 2 aliphatic rings. The molecule has 1 fully saturated rings. The summed E-state index contributed by atoms with van der Waals surface area (Å²) in [7, 11) is 0. The number of nitrogens with two attached hydrogens (primary N) is 1. The molecule has 0 spiro atoms. The van der Waals surface area contributed by atoms with Crippen molar-refractivity contribution < 1.29 is 26.7 Å². The summed E-state index contributed by atoms with van der Waals surface area (Å²) in [5, 5.41) is 14.0. The molecule has 1 aromatic carbocycles. The number of anilines is 1. The number of nitrogens with zero attached hydrogens (tertiary/aromatic N) is 6. The Bertz CT molecular complexity index is 1440. The number of ether oxygens (including phenoxy) is 1. The Morgan fingerprint density at radius 1 is 1.14 bits per heavy atom. The topological polar surface area (TPSA) is 106 Å². The first kappa shape index (κ1) is 23.7. The zero-order chi connectivity index (χ0) is 25.6. The van der Waals surface area contributed by atoms with Crippen LogP contribution in [-0.2, 0) is 0 Å². The van der Waals surface area contributed by atoms with Crippen molar-refractivity contribution in [3.05, 3.63) is 65.1 Å². The molecule has 3 heterocycles. The summed E-state index contributed by atoms with van der Waals surface area (Å²) in [5.74, 6) is -10.00. The highest BCUT2D eigenvalue weighted by atomic mass is 19.2. The van der Waals surface area contributed by atoms with Crippen LogP contribution in [0.15, 0.2) is 36.1 Å². The molecule has 1 aliphatic heterocycles. The predicted octanol–water partition coefficient (Wildman–Crippen LogP) is 4.04. The highest BCUT2D eigenvalue weighted by Crippen LogP contribution is 2.40. The van der Waals surface area contributed by atoms with Crippen LogP contribution in [0.4, 0.5) is 27.8 Å². The molecule has 3 aromatic rings. The molecule has 0 saturated carbocycles. The van der Waals surface area contributed by atoms with Crippen molar-refractivity contribution in [2.24, 2.45) is 0 Å². The average Bonchev–Trinajstić information content (AvgIpc) is 3.46. The van der Waals surface area contributed by atoms with Crippen LogP contribution in [0.3, 0.4) is 0 Å².